The van der Waals surface area contributed by atoms with Crippen molar-refractivity contribution < 1.29 is 19.1 Å². The van der Waals surface area contributed by atoms with Crippen molar-refractivity contribution in [2.24, 2.45) is 0 Å². The number of hydrogen-bond acceptors (Lipinski definition) is 9. The third-order valence-electron chi connectivity index (χ3n) is 6.23. The zero-order valence-electron chi connectivity index (χ0n) is 20.5. The summed E-state index contributed by atoms with van der Waals surface area (Å²) in [5, 5.41) is 24.6. The largest absolute Gasteiger partial charge is 0.383 e. The second-order valence-corrected chi connectivity index (χ2v) is 9.87. The molecule has 38 heavy (non-hydrogen) atoms. The Morgan fingerprint density at radius 1 is 1.05 bits per heavy atom. The summed E-state index contributed by atoms with van der Waals surface area (Å²) in [7, 11) is 1.74. The Bertz CT molecular complexity index is 1540. The highest BCUT2D eigenvalue weighted by atomic mass is 32.2. The summed E-state index contributed by atoms with van der Waals surface area (Å²) < 4.78 is 4.67. The van der Waals surface area contributed by atoms with E-state index in [1.807, 2.05) is 42.5 Å². The van der Waals surface area contributed by atoms with Crippen LogP contribution in [0.1, 0.15) is 36.0 Å². The van der Waals surface area contributed by atoms with Gasteiger partial charge in [-0.05, 0) is 59.6 Å². The zero-order valence-corrected chi connectivity index (χ0v) is 21.3. The van der Waals surface area contributed by atoms with Gasteiger partial charge in [0.1, 0.15) is 0 Å². The lowest BCUT2D eigenvalue weighted by atomic mass is 10.1. The van der Waals surface area contributed by atoms with Gasteiger partial charge in [0.25, 0.3) is 5.91 Å². The minimum absolute atomic E-state index is 0.0850. The van der Waals surface area contributed by atoms with Gasteiger partial charge in [0.2, 0.25) is 11.4 Å². The predicted molar refractivity (Wildman–Crippen MR) is 144 cm³/mol. The third-order valence-corrected chi connectivity index (χ3v) is 7.37. The van der Waals surface area contributed by atoms with E-state index in [0.717, 1.165) is 28.3 Å². The maximum atomic E-state index is 12.9. The molecule has 4 aromatic rings. The molecule has 0 saturated carbocycles. The molecule has 0 saturated heterocycles. The average molecular weight is 533 g/mol. The molecule has 0 unspecified atom stereocenters. The first-order valence-corrected chi connectivity index (χ1v) is 12.9. The first-order chi connectivity index (χ1) is 18.4. The molecular formula is C26H24N6O5S. The lowest BCUT2D eigenvalue weighted by Gasteiger charge is -2.18. The number of nitro benzene ring substituents is 1. The first-order valence-electron chi connectivity index (χ1n) is 12.0. The fraction of sp³-hybridized carbons (Fsp3) is 0.231. The van der Waals surface area contributed by atoms with Gasteiger partial charge in [-0.3, -0.25) is 19.7 Å². The Kier molecular flexibility index (Phi) is 7.22. The van der Waals surface area contributed by atoms with Crippen molar-refractivity contribution in [3.63, 3.8) is 0 Å². The Labute approximate surface area is 221 Å². The van der Waals surface area contributed by atoms with Gasteiger partial charge in [0.15, 0.2) is 5.52 Å². The summed E-state index contributed by atoms with van der Waals surface area (Å²) in [6, 6.07) is 16.1. The molecular weight excluding hydrogens is 508 g/mol. The Morgan fingerprint density at radius 3 is 2.71 bits per heavy atom. The van der Waals surface area contributed by atoms with Crippen LogP contribution in [0.2, 0.25) is 0 Å². The topological polar surface area (TPSA) is 144 Å². The third kappa shape index (κ3) is 5.16. The maximum absolute atomic E-state index is 12.9. The first kappa shape index (κ1) is 25.2. The zero-order chi connectivity index (χ0) is 26.6. The van der Waals surface area contributed by atoms with Crippen molar-refractivity contribution in [1.82, 2.24) is 10.3 Å². The molecule has 0 radical (unpaired) electrons. The van der Waals surface area contributed by atoms with E-state index >= 15 is 0 Å². The van der Waals surface area contributed by atoms with Gasteiger partial charge in [-0.2, -0.15) is 0 Å². The van der Waals surface area contributed by atoms with E-state index in [9.17, 15) is 19.7 Å². The molecule has 2 amide bonds. The van der Waals surface area contributed by atoms with Gasteiger partial charge in [0.05, 0.1) is 21.9 Å². The Morgan fingerprint density at radius 2 is 1.87 bits per heavy atom. The van der Waals surface area contributed by atoms with E-state index in [4.69, 9.17) is 0 Å². The van der Waals surface area contributed by atoms with Gasteiger partial charge >= 0.3 is 5.69 Å². The van der Waals surface area contributed by atoms with Crippen molar-refractivity contribution in [2.75, 3.05) is 29.1 Å². The summed E-state index contributed by atoms with van der Waals surface area (Å²) in [5.41, 5.74) is 2.92. The number of rotatable bonds is 9. The molecule has 0 bridgehead atoms. The lowest BCUT2D eigenvalue weighted by Crippen LogP contribution is -2.26. The number of unbranched alkanes of at least 4 members (excludes halogenated alkanes) is 2. The number of hydrogen-bond donors (Lipinski definition) is 2. The number of carbonyl (C=O) groups excluding carboxylic acids is 2. The predicted octanol–water partition coefficient (Wildman–Crippen LogP) is 5.48. The van der Waals surface area contributed by atoms with E-state index in [1.165, 1.54) is 17.8 Å². The number of amides is 2. The van der Waals surface area contributed by atoms with Crippen LogP contribution in [0.3, 0.4) is 0 Å². The molecule has 5 rings (SSSR count). The van der Waals surface area contributed by atoms with Crippen molar-refractivity contribution >= 4 is 57.4 Å². The van der Waals surface area contributed by atoms with Crippen molar-refractivity contribution in [1.29, 1.82) is 0 Å². The molecule has 12 heteroatoms. The van der Waals surface area contributed by atoms with Crippen LogP contribution in [0.25, 0.3) is 11.0 Å². The van der Waals surface area contributed by atoms with Gasteiger partial charge in [-0.15, -0.1) is 0 Å². The fourth-order valence-corrected chi connectivity index (χ4v) is 5.35. The van der Waals surface area contributed by atoms with E-state index < -0.39 is 4.92 Å². The van der Waals surface area contributed by atoms with Crippen LogP contribution in [0, 0.1) is 10.1 Å². The molecule has 1 aliphatic rings. The van der Waals surface area contributed by atoms with Gasteiger partial charge < -0.3 is 15.5 Å². The number of nitrogens with zero attached hydrogens (tertiary/aromatic N) is 4. The molecule has 0 aliphatic carbocycles. The quantitative estimate of drug-likeness (QED) is 0.163. The molecule has 3 aromatic carbocycles. The van der Waals surface area contributed by atoms with E-state index in [0.29, 0.717) is 41.8 Å². The molecule has 1 aromatic heterocycles. The molecule has 11 nitrogen and oxygen atoms in total. The number of aromatic nitrogens is 2. The standard InChI is InChI=1S/C26H24N6O5S/c1-31-20-15-16(10-13-22(20)38-21-8-5-4-7-17(21)26(31)34)28-23(33)9-3-2-6-14-27-18-11-12-19(32(35)36)25-24(18)29-37-30-25/h4-5,7-8,10-13,15,27H,2-3,6,9,14H2,1H3,(H,28,33). The Hall–Kier alpha value is -4.45. The molecule has 0 spiro atoms. The molecule has 2 heterocycles. The number of fused-ring (bicyclic) bond motifs is 3. The van der Waals surface area contributed by atoms with E-state index in [1.54, 1.807) is 18.0 Å². The minimum atomic E-state index is -0.525. The van der Waals surface area contributed by atoms with E-state index in [-0.39, 0.29) is 23.0 Å². The normalized spacial score (nSPS) is 12.6. The molecule has 2 N–H and O–H groups in total. The molecule has 194 valence electrons. The van der Waals surface area contributed by atoms with Crippen molar-refractivity contribution in [2.45, 2.75) is 35.5 Å². The van der Waals surface area contributed by atoms with Gasteiger partial charge in [-0.25, -0.2) is 4.63 Å². The lowest BCUT2D eigenvalue weighted by molar-refractivity contribution is -0.383. The SMILES string of the molecule is CN1C(=O)c2ccccc2Sc2ccc(NC(=O)CCCCCNc3ccc([N+](=O)[O-])c4nonc34)cc21. The van der Waals surface area contributed by atoms with E-state index in [2.05, 4.69) is 25.6 Å². The summed E-state index contributed by atoms with van der Waals surface area (Å²) in [6.07, 6.45) is 2.66. The van der Waals surface area contributed by atoms with Crippen LogP contribution >= 0.6 is 11.8 Å². The summed E-state index contributed by atoms with van der Waals surface area (Å²) >= 11 is 1.54. The summed E-state index contributed by atoms with van der Waals surface area (Å²) in [5.74, 6) is -0.180. The van der Waals surface area contributed by atoms with Gasteiger partial charge in [-0.1, -0.05) is 30.3 Å². The van der Waals surface area contributed by atoms with Crippen LogP contribution in [0.4, 0.5) is 22.7 Å². The van der Waals surface area contributed by atoms with Crippen molar-refractivity contribution in [3.8, 4) is 0 Å². The van der Waals surface area contributed by atoms with Crippen molar-refractivity contribution in [3.05, 3.63) is 70.3 Å². The molecule has 0 atom stereocenters. The summed E-state index contributed by atoms with van der Waals surface area (Å²) in [4.78, 5) is 39.5. The van der Waals surface area contributed by atoms with Crippen LogP contribution in [0.5, 0.6) is 0 Å². The number of anilines is 3. The Balaban J connectivity index is 1.10. The molecule has 1 aliphatic heterocycles. The highest BCUT2D eigenvalue weighted by Crippen LogP contribution is 2.41. The maximum Gasteiger partial charge on any atom is 0.300 e. The number of carbonyl (C=O) groups is 2. The highest BCUT2D eigenvalue weighted by molar-refractivity contribution is 7.99. The van der Waals surface area contributed by atoms with Crippen LogP contribution < -0.4 is 15.5 Å². The van der Waals surface area contributed by atoms with Crippen LogP contribution in [-0.2, 0) is 4.79 Å². The summed E-state index contributed by atoms with van der Waals surface area (Å²) in [6.45, 7) is 0.604. The number of nitrogens with one attached hydrogen (secondary N) is 2. The average Bonchev–Trinajstić information content (AvgIpc) is 3.37. The fourth-order valence-electron chi connectivity index (χ4n) is 4.26. The monoisotopic (exact) mass is 532 g/mol. The van der Waals surface area contributed by atoms with Crippen LogP contribution in [-0.4, -0.2) is 40.6 Å². The van der Waals surface area contributed by atoms with Gasteiger partial charge in [0, 0.05) is 41.6 Å². The van der Waals surface area contributed by atoms with Crippen LogP contribution in [0.15, 0.2) is 69.0 Å². The highest BCUT2D eigenvalue weighted by Gasteiger charge is 2.25. The number of non-ortho nitro benzene ring substituents is 1. The number of benzene rings is 3. The minimum Gasteiger partial charge on any atom is -0.383 e. The smallest absolute Gasteiger partial charge is 0.300 e. The second-order valence-electron chi connectivity index (χ2n) is 8.78. The second kappa shape index (κ2) is 10.9. The number of nitro groups is 1. The molecule has 0 fully saturated rings.